The molecule has 0 spiro atoms. The Bertz CT molecular complexity index is 1580. The third-order valence-electron chi connectivity index (χ3n) is 6.75. The summed E-state index contributed by atoms with van der Waals surface area (Å²) in [6.07, 6.45) is 4.86. The van der Waals surface area contributed by atoms with Gasteiger partial charge in [-0.3, -0.25) is 4.79 Å². The van der Waals surface area contributed by atoms with Gasteiger partial charge in [-0.05, 0) is 32.3 Å². The van der Waals surface area contributed by atoms with Gasteiger partial charge in [-0.1, -0.05) is 30.3 Å². The average molecular weight is 562 g/mol. The molecular weight excluding hydrogens is 530 g/mol. The van der Waals surface area contributed by atoms with E-state index in [9.17, 15) is 4.79 Å². The predicted octanol–water partition coefficient (Wildman–Crippen LogP) is 5.02. The number of benzene rings is 2. The zero-order valence-corrected chi connectivity index (χ0v) is 23.7. The van der Waals surface area contributed by atoms with Crippen LogP contribution < -0.4 is 25.0 Å². The van der Waals surface area contributed by atoms with Gasteiger partial charge in [-0.25, -0.2) is 9.97 Å². The van der Waals surface area contributed by atoms with Crippen molar-refractivity contribution in [3.63, 3.8) is 0 Å². The van der Waals surface area contributed by atoms with Crippen molar-refractivity contribution < 1.29 is 14.3 Å². The number of anilines is 4. The van der Waals surface area contributed by atoms with Gasteiger partial charge in [0.15, 0.2) is 0 Å². The summed E-state index contributed by atoms with van der Waals surface area (Å²) >= 11 is 6.62. The van der Waals surface area contributed by atoms with Crippen molar-refractivity contribution >= 4 is 51.4 Å². The molecule has 0 atom stereocenters. The number of hydrogen-bond donors (Lipinski definition) is 2. The maximum absolute atomic E-state index is 12.3. The number of aromatic nitrogens is 3. The number of para-hydroxylation sites is 1. The molecule has 5 rings (SSSR count). The molecule has 2 N–H and O–H groups in total. The van der Waals surface area contributed by atoms with E-state index in [1.807, 2.05) is 45.4 Å². The van der Waals surface area contributed by atoms with E-state index in [0.717, 1.165) is 47.5 Å². The van der Waals surface area contributed by atoms with Crippen molar-refractivity contribution in [1.29, 1.82) is 0 Å². The van der Waals surface area contributed by atoms with E-state index < -0.39 is 0 Å². The minimum Gasteiger partial charge on any atom is -0.494 e. The summed E-state index contributed by atoms with van der Waals surface area (Å²) < 4.78 is 13.7. The van der Waals surface area contributed by atoms with Crippen LogP contribution in [0.5, 0.6) is 11.5 Å². The molecule has 11 heteroatoms. The third-order valence-corrected chi connectivity index (χ3v) is 7.03. The Morgan fingerprint density at radius 1 is 1.25 bits per heavy atom. The number of likely N-dealkylation sites (N-methyl/N-ethyl adjacent to an activating group) is 2. The van der Waals surface area contributed by atoms with E-state index in [0.29, 0.717) is 40.4 Å². The number of hydrogen-bond acceptors (Lipinski definition) is 8. The van der Waals surface area contributed by atoms with Crippen LogP contribution in [0.2, 0.25) is 5.02 Å². The quantitative estimate of drug-likeness (QED) is 0.261. The largest absolute Gasteiger partial charge is 0.494 e. The Morgan fingerprint density at radius 2 is 2.08 bits per heavy atom. The van der Waals surface area contributed by atoms with Gasteiger partial charge >= 0.3 is 0 Å². The van der Waals surface area contributed by atoms with Crippen molar-refractivity contribution in [2.75, 3.05) is 63.5 Å². The Hall–Kier alpha value is -4.28. The van der Waals surface area contributed by atoms with Crippen molar-refractivity contribution in [2.45, 2.75) is 6.54 Å². The number of rotatable bonds is 10. The van der Waals surface area contributed by atoms with Crippen LogP contribution in [0.25, 0.3) is 22.2 Å². The molecule has 10 nitrogen and oxygen atoms in total. The molecule has 0 radical (unpaired) electrons. The van der Waals surface area contributed by atoms with Crippen LogP contribution in [0.3, 0.4) is 0 Å². The molecule has 40 heavy (non-hydrogen) atoms. The minimum atomic E-state index is -0.319. The monoisotopic (exact) mass is 561 g/mol. The molecule has 0 saturated heterocycles. The first kappa shape index (κ1) is 27.3. The summed E-state index contributed by atoms with van der Waals surface area (Å²) in [6, 6.07) is 9.64. The van der Waals surface area contributed by atoms with Crippen molar-refractivity contribution in [2.24, 2.45) is 0 Å². The summed E-state index contributed by atoms with van der Waals surface area (Å²) in [5.74, 6) is 1.41. The molecule has 2 aromatic heterocycles. The van der Waals surface area contributed by atoms with Crippen molar-refractivity contribution in [3.05, 3.63) is 60.4 Å². The lowest BCUT2D eigenvalue weighted by molar-refractivity contribution is -0.111. The summed E-state index contributed by atoms with van der Waals surface area (Å²) in [6.45, 7) is 6.51. The molecule has 0 bridgehead atoms. The molecule has 208 valence electrons. The van der Waals surface area contributed by atoms with Crippen molar-refractivity contribution in [3.8, 4) is 22.8 Å². The lowest BCUT2D eigenvalue weighted by atomic mass is 10.1. The number of amides is 1. The topological polar surface area (TPSA) is 96.8 Å². The van der Waals surface area contributed by atoms with E-state index in [4.69, 9.17) is 26.1 Å². The molecule has 2 aromatic carbocycles. The molecule has 0 aliphatic carbocycles. The third kappa shape index (κ3) is 5.41. The Morgan fingerprint density at radius 3 is 2.83 bits per heavy atom. The van der Waals surface area contributed by atoms with E-state index in [1.165, 1.54) is 6.08 Å². The average Bonchev–Trinajstić information content (AvgIpc) is 3.33. The Balaban J connectivity index is 1.53. The zero-order chi connectivity index (χ0) is 28.4. The molecule has 1 aliphatic heterocycles. The summed E-state index contributed by atoms with van der Waals surface area (Å²) in [5, 5.41) is 7.60. The molecule has 4 aromatic rings. The van der Waals surface area contributed by atoms with Gasteiger partial charge in [0.1, 0.15) is 18.1 Å². The SMILES string of the molecule is C=CC(=O)Nc1cc(Nc2ncc(Cl)c(-c3cn4c5c(cccc35)OCC4)n2)c(OC)cc1N(C)CCN(C)C. The highest BCUT2D eigenvalue weighted by atomic mass is 35.5. The van der Waals surface area contributed by atoms with E-state index >= 15 is 0 Å². The van der Waals surface area contributed by atoms with Gasteiger partial charge in [0.2, 0.25) is 11.9 Å². The fraction of sp³-hybridized carbons (Fsp3) is 0.276. The van der Waals surface area contributed by atoms with Crippen LogP contribution in [0.4, 0.5) is 23.0 Å². The highest BCUT2D eigenvalue weighted by Gasteiger charge is 2.21. The second kappa shape index (κ2) is 11.4. The number of carbonyl (C=O) groups excluding carboxylic acids is 1. The lowest BCUT2D eigenvalue weighted by Gasteiger charge is -2.26. The van der Waals surface area contributed by atoms with Crippen LogP contribution in [0, 0.1) is 0 Å². The lowest BCUT2D eigenvalue weighted by Crippen LogP contribution is -2.29. The summed E-state index contributed by atoms with van der Waals surface area (Å²) in [4.78, 5) is 25.7. The van der Waals surface area contributed by atoms with Gasteiger partial charge in [-0.2, -0.15) is 0 Å². The van der Waals surface area contributed by atoms with E-state index in [-0.39, 0.29) is 5.91 Å². The van der Waals surface area contributed by atoms with Gasteiger partial charge in [-0.15, -0.1) is 0 Å². The summed E-state index contributed by atoms with van der Waals surface area (Å²) in [7, 11) is 7.59. The fourth-order valence-corrected chi connectivity index (χ4v) is 4.90. The van der Waals surface area contributed by atoms with Gasteiger partial charge in [0, 0.05) is 43.4 Å². The van der Waals surface area contributed by atoms with Crippen LogP contribution in [-0.4, -0.2) is 73.3 Å². The second-order valence-corrected chi connectivity index (χ2v) is 10.1. The van der Waals surface area contributed by atoms with Crippen LogP contribution in [0.1, 0.15) is 0 Å². The van der Waals surface area contributed by atoms with Crippen LogP contribution in [-0.2, 0) is 11.3 Å². The van der Waals surface area contributed by atoms with E-state index in [2.05, 4.69) is 42.8 Å². The maximum atomic E-state index is 12.3. The normalized spacial score (nSPS) is 12.2. The van der Waals surface area contributed by atoms with Gasteiger partial charge in [0.25, 0.3) is 0 Å². The van der Waals surface area contributed by atoms with Crippen molar-refractivity contribution in [1.82, 2.24) is 19.4 Å². The van der Waals surface area contributed by atoms with Gasteiger partial charge < -0.3 is 34.5 Å². The Labute approximate surface area is 238 Å². The molecule has 1 aliphatic rings. The Kier molecular flexibility index (Phi) is 7.81. The number of carbonyl (C=O) groups is 1. The first-order valence-corrected chi connectivity index (χ1v) is 13.2. The molecule has 0 unspecified atom stereocenters. The first-order chi connectivity index (χ1) is 19.3. The first-order valence-electron chi connectivity index (χ1n) is 12.8. The zero-order valence-electron chi connectivity index (χ0n) is 23.0. The predicted molar refractivity (Wildman–Crippen MR) is 160 cm³/mol. The number of ether oxygens (including phenoxy) is 2. The number of halogens is 1. The van der Waals surface area contributed by atoms with Crippen LogP contribution in [0.15, 0.2) is 55.4 Å². The molecule has 0 fully saturated rings. The second-order valence-electron chi connectivity index (χ2n) is 9.74. The smallest absolute Gasteiger partial charge is 0.247 e. The molecule has 3 heterocycles. The fourth-order valence-electron chi connectivity index (χ4n) is 4.70. The minimum absolute atomic E-state index is 0.319. The number of nitrogens with one attached hydrogen (secondary N) is 2. The number of nitrogens with zero attached hydrogens (tertiary/aromatic N) is 5. The molecule has 1 amide bonds. The van der Waals surface area contributed by atoms with E-state index in [1.54, 1.807) is 19.4 Å². The molecule has 0 saturated carbocycles. The highest BCUT2D eigenvalue weighted by molar-refractivity contribution is 6.33. The number of methoxy groups -OCH3 is 1. The summed E-state index contributed by atoms with van der Waals surface area (Å²) in [5.41, 5.74) is 4.48. The molecular formula is C29H32ClN7O3. The maximum Gasteiger partial charge on any atom is 0.247 e. The van der Waals surface area contributed by atoms with Gasteiger partial charge in [0.05, 0.1) is 53.1 Å². The standard InChI is InChI=1S/C29H32ClN7O3/c1-6-26(38)32-21-14-22(25(39-5)15-23(21)36(4)11-10-35(2)3)33-29-31-16-20(30)27(34-29)19-17-37-12-13-40-24-9-7-8-18(19)28(24)37/h6-9,14-17H,1,10-13H2,2-5H3,(H,32,38)(H,31,33,34). The van der Waals surface area contributed by atoms with Crippen LogP contribution >= 0.6 is 11.6 Å². The highest BCUT2D eigenvalue weighted by Crippen LogP contribution is 2.41.